The highest BCUT2D eigenvalue weighted by atomic mass is 35.5. The minimum atomic E-state index is 0.345. The second-order valence-corrected chi connectivity index (χ2v) is 5.62. The molecule has 6 heteroatoms. The zero-order chi connectivity index (χ0) is 17.4. The first-order chi connectivity index (χ1) is 11.6. The summed E-state index contributed by atoms with van der Waals surface area (Å²) >= 11 is 5.87. The molecule has 0 heterocycles. The highest BCUT2D eigenvalue weighted by molar-refractivity contribution is 6.30. The molecule has 128 valence electrons. The molecule has 0 spiro atoms. The smallest absolute Gasteiger partial charge is 0.193 e. The molecule has 0 radical (unpaired) electrons. The fourth-order valence-electron chi connectivity index (χ4n) is 2.22. The molecule has 0 fully saturated rings. The van der Waals surface area contributed by atoms with E-state index < -0.39 is 0 Å². The van der Waals surface area contributed by atoms with Crippen LogP contribution < -0.4 is 20.5 Å². The summed E-state index contributed by atoms with van der Waals surface area (Å²) in [7, 11) is 3.21. The summed E-state index contributed by atoms with van der Waals surface area (Å²) in [5.41, 5.74) is 7.90. The Kier molecular flexibility index (Phi) is 6.75. The summed E-state index contributed by atoms with van der Waals surface area (Å²) in [6.45, 7) is 0.633. The monoisotopic (exact) mass is 347 g/mol. The number of nitrogens with one attached hydrogen (secondary N) is 1. The third-order valence-electron chi connectivity index (χ3n) is 3.49. The fourth-order valence-corrected chi connectivity index (χ4v) is 2.35. The van der Waals surface area contributed by atoms with E-state index >= 15 is 0 Å². The number of benzene rings is 2. The summed E-state index contributed by atoms with van der Waals surface area (Å²) in [6.07, 6.45) is 1.83. The fraction of sp³-hybridized carbons (Fsp3) is 0.278. The number of methoxy groups -OCH3 is 2. The van der Waals surface area contributed by atoms with Crippen molar-refractivity contribution in [1.82, 2.24) is 0 Å². The molecule has 0 saturated carbocycles. The Morgan fingerprint density at radius 1 is 1.12 bits per heavy atom. The van der Waals surface area contributed by atoms with Crippen molar-refractivity contribution in [3.05, 3.63) is 53.1 Å². The number of nitrogens with zero attached hydrogens (tertiary/aromatic N) is 1. The summed E-state index contributed by atoms with van der Waals surface area (Å²) in [5, 5.41) is 3.80. The molecule has 0 unspecified atom stereocenters. The van der Waals surface area contributed by atoms with E-state index in [0.29, 0.717) is 24.0 Å². The number of nitrogens with two attached hydrogens (primary N) is 1. The van der Waals surface area contributed by atoms with Gasteiger partial charge in [0.1, 0.15) is 11.5 Å². The van der Waals surface area contributed by atoms with Crippen LogP contribution in [0.1, 0.15) is 12.0 Å². The van der Waals surface area contributed by atoms with Gasteiger partial charge in [-0.05, 0) is 42.7 Å². The van der Waals surface area contributed by atoms with Crippen molar-refractivity contribution in [2.75, 3.05) is 26.1 Å². The molecule has 0 amide bonds. The highest BCUT2D eigenvalue weighted by Gasteiger charge is 2.05. The SMILES string of the molecule is COc1ccc(OC)c(NC(N)=NCCCc2ccc(Cl)cc2)c1. The van der Waals surface area contributed by atoms with Gasteiger partial charge < -0.3 is 20.5 Å². The Morgan fingerprint density at radius 3 is 2.54 bits per heavy atom. The maximum atomic E-state index is 5.95. The Hall–Kier alpha value is -2.40. The first-order valence-corrected chi connectivity index (χ1v) is 8.03. The number of anilines is 1. The van der Waals surface area contributed by atoms with Crippen LogP contribution in [-0.2, 0) is 6.42 Å². The standard InChI is InChI=1S/C18H22ClN3O2/c1-23-15-9-10-17(24-2)16(12-15)22-18(20)21-11-3-4-13-5-7-14(19)8-6-13/h5-10,12H,3-4,11H2,1-2H3,(H3,20,21,22). The Morgan fingerprint density at radius 2 is 1.88 bits per heavy atom. The molecule has 3 N–H and O–H groups in total. The zero-order valence-corrected chi connectivity index (χ0v) is 14.6. The van der Waals surface area contributed by atoms with Crippen molar-refractivity contribution >= 4 is 23.2 Å². The van der Waals surface area contributed by atoms with Crippen LogP contribution in [-0.4, -0.2) is 26.7 Å². The van der Waals surface area contributed by atoms with Crippen LogP contribution in [0.15, 0.2) is 47.5 Å². The molecule has 0 bridgehead atoms. The van der Waals surface area contributed by atoms with Crippen LogP contribution in [0.4, 0.5) is 5.69 Å². The van der Waals surface area contributed by atoms with Gasteiger partial charge in [0.25, 0.3) is 0 Å². The van der Waals surface area contributed by atoms with Gasteiger partial charge in [-0.15, -0.1) is 0 Å². The van der Waals surface area contributed by atoms with Gasteiger partial charge in [0.05, 0.1) is 19.9 Å². The van der Waals surface area contributed by atoms with E-state index in [2.05, 4.69) is 10.3 Å². The summed E-state index contributed by atoms with van der Waals surface area (Å²) < 4.78 is 10.5. The van der Waals surface area contributed by atoms with Crippen molar-refractivity contribution in [3.8, 4) is 11.5 Å². The van der Waals surface area contributed by atoms with Crippen molar-refractivity contribution in [3.63, 3.8) is 0 Å². The van der Waals surface area contributed by atoms with Crippen LogP contribution in [0.3, 0.4) is 0 Å². The molecule has 0 aromatic heterocycles. The van der Waals surface area contributed by atoms with Gasteiger partial charge in [0, 0.05) is 17.6 Å². The first kappa shape index (κ1) is 17.9. The lowest BCUT2D eigenvalue weighted by molar-refractivity contribution is 0.405. The van der Waals surface area contributed by atoms with Crippen molar-refractivity contribution < 1.29 is 9.47 Å². The van der Waals surface area contributed by atoms with E-state index in [9.17, 15) is 0 Å². The average Bonchev–Trinajstić information content (AvgIpc) is 2.60. The molecule has 5 nitrogen and oxygen atoms in total. The lowest BCUT2D eigenvalue weighted by Gasteiger charge is -2.12. The van der Waals surface area contributed by atoms with Gasteiger partial charge in [-0.25, -0.2) is 0 Å². The largest absolute Gasteiger partial charge is 0.497 e. The van der Waals surface area contributed by atoms with E-state index in [0.717, 1.165) is 23.6 Å². The molecular formula is C18H22ClN3O2. The van der Waals surface area contributed by atoms with E-state index in [4.69, 9.17) is 26.8 Å². The molecule has 0 atom stereocenters. The molecule has 0 aliphatic heterocycles. The summed E-state index contributed by atoms with van der Waals surface area (Å²) in [4.78, 5) is 4.34. The predicted molar refractivity (Wildman–Crippen MR) is 99.4 cm³/mol. The highest BCUT2D eigenvalue weighted by Crippen LogP contribution is 2.28. The van der Waals surface area contributed by atoms with Gasteiger partial charge in [-0.2, -0.15) is 0 Å². The van der Waals surface area contributed by atoms with E-state index in [1.54, 1.807) is 14.2 Å². The Bertz CT molecular complexity index is 687. The third-order valence-corrected chi connectivity index (χ3v) is 3.74. The van der Waals surface area contributed by atoms with Crippen molar-refractivity contribution in [2.45, 2.75) is 12.8 Å². The van der Waals surface area contributed by atoms with Crippen molar-refractivity contribution in [1.29, 1.82) is 0 Å². The molecule has 24 heavy (non-hydrogen) atoms. The summed E-state index contributed by atoms with van der Waals surface area (Å²) in [6, 6.07) is 13.3. The number of halogens is 1. The van der Waals surface area contributed by atoms with E-state index in [1.807, 2.05) is 42.5 Å². The predicted octanol–water partition coefficient (Wildman–Crippen LogP) is 3.72. The van der Waals surface area contributed by atoms with Gasteiger partial charge in [0.15, 0.2) is 5.96 Å². The van der Waals surface area contributed by atoms with Crippen LogP contribution in [0, 0.1) is 0 Å². The molecule has 2 aromatic rings. The molecule has 0 saturated heterocycles. The lowest BCUT2D eigenvalue weighted by Crippen LogP contribution is -2.23. The van der Waals surface area contributed by atoms with Crippen LogP contribution >= 0.6 is 11.6 Å². The Labute approximate surface area is 147 Å². The maximum absolute atomic E-state index is 5.95. The molecule has 0 aliphatic rings. The number of rotatable bonds is 7. The second-order valence-electron chi connectivity index (χ2n) is 5.19. The number of guanidine groups is 1. The molecule has 0 aliphatic carbocycles. The first-order valence-electron chi connectivity index (χ1n) is 7.66. The molecular weight excluding hydrogens is 326 g/mol. The quantitative estimate of drug-likeness (QED) is 0.455. The third kappa shape index (κ3) is 5.35. The number of aryl methyl sites for hydroxylation is 1. The van der Waals surface area contributed by atoms with E-state index in [-0.39, 0.29) is 0 Å². The van der Waals surface area contributed by atoms with Crippen LogP contribution in [0.2, 0.25) is 5.02 Å². The van der Waals surface area contributed by atoms with Crippen LogP contribution in [0.25, 0.3) is 0 Å². The minimum absolute atomic E-state index is 0.345. The second kappa shape index (κ2) is 9.03. The number of hydrogen-bond donors (Lipinski definition) is 2. The van der Waals surface area contributed by atoms with E-state index in [1.165, 1.54) is 5.56 Å². The maximum Gasteiger partial charge on any atom is 0.193 e. The van der Waals surface area contributed by atoms with Crippen LogP contribution in [0.5, 0.6) is 11.5 Å². The molecule has 2 rings (SSSR count). The summed E-state index contributed by atoms with van der Waals surface area (Å²) in [5.74, 6) is 1.74. The minimum Gasteiger partial charge on any atom is -0.497 e. The Balaban J connectivity index is 1.88. The van der Waals surface area contributed by atoms with Gasteiger partial charge in [-0.3, -0.25) is 4.99 Å². The molecule has 2 aromatic carbocycles. The lowest BCUT2D eigenvalue weighted by atomic mass is 10.1. The number of aliphatic imine (C=N–C) groups is 1. The average molecular weight is 348 g/mol. The van der Waals surface area contributed by atoms with Gasteiger partial charge >= 0.3 is 0 Å². The topological polar surface area (TPSA) is 68.9 Å². The van der Waals surface area contributed by atoms with Gasteiger partial charge in [-0.1, -0.05) is 23.7 Å². The normalized spacial score (nSPS) is 11.2. The number of hydrogen-bond acceptors (Lipinski definition) is 3. The number of ether oxygens (including phenoxy) is 2. The zero-order valence-electron chi connectivity index (χ0n) is 13.9. The van der Waals surface area contributed by atoms with Gasteiger partial charge in [0.2, 0.25) is 0 Å². The van der Waals surface area contributed by atoms with Crippen molar-refractivity contribution in [2.24, 2.45) is 10.7 Å².